The van der Waals surface area contributed by atoms with Gasteiger partial charge in [0.2, 0.25) is 0 Å². The lowest BCUT2D eigenvalue weighted by Gasteiger charge is -2.06. The standard InChI is InChI=1S/C7H5BrClFO2/c1-12-7-4(10)2-3(8)6(11)5(7)9/h2,11H,1H3. The quantitative estimate of drug-likeness (QED) is 0.836. The third-order valence-corrected chi connectivity index (χ3v) is 2.26. The molecule has 12 heavy (non-hydrogen) atoms. The van der Waals surface area contributed by atoms with Crippen LogP contribution in [0.5, 0.6) is 11.5 Å². The van der Waals surface area contributed by atoms with E-state index in [-0.39, 0.29) is 21.0 Å². The molecule has 0 fully saturated rings. The van der Waals surface area contributed by atoms with Gasteiger partial charge in [-0.1, -0.05) is 11.6 Å². The summed E-state index contributed by atoms with van der Waals surface area (Å²) in [7, 11) is 1.28. The van der Waals surface area contributed by atoms with Gasteiger partial charge in [-0.05, 0) is 22.0 Å². The van der Waals surface area contributed by atoms with E-state index in [0.717, 1.165) is 6.07 Å². The summed E-state index contributed by atoms with van der Waals surface area (Å²) in [5.41, 5.74) is 0. The second-order valence-corrected chi connectivity index (χ2v) is 3.27. The minimum Gasteiger partial charge on any atom is -0.505 e. The molecule has 0 saturated carbocycles. The number of rotatable bonds is 1. The van der Waals surface area contributed by atoms with Crippen molar-refractivity contribution in [2.24, 2.45) is 0 Å². The Kier molecular flexibility index (Phi) is 2.80. The third-order valence-electron chi connectivity index (χ3n) is 1.31. The Morgan fingerprint density at radius 1 is 1.67 bits per heavy atom. The van der Waals surface area contributed by atoms with Crippen LogP contribution in [0.2, 0.25) is 5.02 Å². The van der Waals surface area contributed by atoms with Crippen molar-refractivity contribution in [1.82, 2.24) is 0 Å². The van der Waals surface area contributed by atoms with E-state index in [0.29, 0.717) is 0 Å². The topological polar surface area (TPSA) is 29.5 Å². The third kappa shape index (κ3) is 1.49. The molecule has 0 aromatic heterocycles. The molecule has 0 unspecified atom stereocenters. The van der Waals surface area contributed by atoms with Gasteiger partial charge in [0, 0.05) is 0 Å². The molecule has 0 radical (unpaired) electrons. The summed E-state index contributed by atoms with van der Waals surface area (Å²) in [6.07, 6.45) is 0. The first-order valence-corrected chi connectivity index (χ1v) is 4.15. The molecule has 0 heterocycles. The maximum atomic E-state index is 12.9. The van der Waals surface area contributed by atoms with Crippen LogP contribution in [0.1, 0.15) is 0 Å². The molecule has 0 saturated heterocycles. The Balaban J connectivity index is 3.40. The molecule has 0 aliphatic rings. The smallest absolute Gasteiger partial charge is 0.176 e. The Labute approximate surface area is 82.0 Å². The first-order chi connectivity index (χ1) is 5.57. The monoisotopic (exact) mass is 254 g/mol. The molecule has 0 atom stereocenters. The lowest BCUT2D eigenvalue weighted by molar-refractivity contribution is 0.380. The largest absolute Gasteiger partial charge is 0.505 e. The van der Waals surface area contributed by atoms with Crippen LogP contribution >= 0.6 is 27.5 Å². The van der Waals surface area contributed by atoms with Crippen molar-refractivity contribution in [3.05, 3.63) is 21.4 Å². The predicted octanol–water partition coefficient (Wildman–Crippen LogP) is 2.96. The van der Waals surface area contributed by atoms with Crippen LogP contribution in [0.4, 0.5) is 4.39 Å². The summed E-state index contributed by atoms with van der Waals surface area (Å²) in [6, 6.07) is 1.08. The van der Waals surface area contributed by atoms with E-state index in [1.807, 2.05) is 0 Å². The second kappa shape index (κ2) is 3.49. The normalized spacial score (nSPS) is 10.0. The predicted molar refractivity (Wildman–Crippen MR) is 47.3 cm³/mol. The number of hydrogen-bond donors (Lipinski definition) is 1. The van der Waals surface area contributed by atoms with Gasteiger partial charge in [-0.2, -0.15) is 0 Å². The molecule has 1 N–H and O–H groups in total. The van der Waals surface area contributed by atoms with Crippen molar-refractivity contribution in [2.75, 3.05) is 7.11 Å². The van der Waals surface area contributed by atoms with Crippen LogP contribution < -0.4 is 4.74 Å². The van der Waals surface area contributed by atoms with E-state index in [1.165, 1.54) is 7.11 Å². The lowest BCUT2D eigenvalue weighted by Crippen LogP contribution is -1.89. The van der Waals surface area contributed by atoms with Crippen molar-refractivity contribution in [3.63, 3.8) is 0 Å². The van der Waals surface area contributed by atoms with Gasteiger partial charge in [0.15, 0.2) is 17.3 Å². The second-order valence-electron chi connectivity index (χ2n) is 2.04. The summed E-state index contributed by atoms with van der Waals surface area (Å²) in [6.45, 7) is 0. The Bertz CT molecular complexity index is 317. The zero-order valence-electron chi connectivity index (χ0n) is 6.07. The molecule has 1 rings (SSSR count). The maximum Gasteiger partial charge on any atom is 0.176 e. The van der Waals surface area contributed by atoms with E-state index in [2.05, 4.69) is 20.7 Å². The highest BCUT2D eigenvalue weighted by Gasteiger charge is 2.15. The number of phenolic OH excluding ortho intramolecular Hbond substituents is 1. The van der Waals surface area contributed by atoms with E-state index < -0.39 is 5.82 Å². The van der Waals surface area contributed by atoms with Gasteiger partial charge >= 0.3 is 0 Å². The van der Waals surface area contributed by atoms with Crippen LogP contribution in [0.25, 0.3) is 0 Å². The van der Waals surface area contributed by atoms with Crippen molar-refractivity contribution >= 4 is 27.5 Å². The minimum absolute atomic E-state index is 0.135. The van der Waals surface area contributed by atoms with Crippen LogP contribution in [0, 0.1) is 5.82 Å². The van der Waals surface area contributed by atoms with Crippen LogP contribution in [0.15, 0.2) is 10.5 Å². The first-order valence-electron chi connectivity index (χ1n) is 2.98. The zero-order valence-corrected chi connectivity index (χ0v) is 8.41. The average Bonchev–Trinajstić information content (AvgIpc) is 2.01. The summed E-state index contributed by atoms with van der Waals surface area (Å²) >= 11 is 8.49. The molecule has 66 valence electrons. The maximum absolute atomic E-state index is 12.9. The Hall–Kier alpha value is -0.480. The van der Waals surface area contributed by atoms with Gasteiger partial charge in [0.25, 0.3) is 0 Å². The molecule has 0 bridgehead atoms. The van der Waals surface area contributed by atoms with E-state index in [9.17, 15) is 9.50 Å². The number of hydrogen-bond acceptors (Lipinski definition) is 2. The fourth-order valence-electron chi connectivity index (χ4n) is 0.749. The van der Waals surface area contributed by atoms with Gasteiger partial charge in [-0.3, -0.25) is 0 Å². The van der Waals surface area contributed by atoms with E-state index >= 15 is 0 Å². The molecular formula is C7H5BrClFO2. The summed E-state index contributed by atoms with van der Waals surface area (Å²) in [4.78, 5) is 0. The minimum atomic E-state index is -0.618. The van der Waals surface area contributed by atoms with Gasteiger partial charge in [0.05, 0.1) is 11.6 Å². The van der Waals surface area contributed by atoms with Gasteiger partial charge in [-0.25, -0.2) is 4.39 Å². The van der Waals surface area contributed by atoms with Gasteiger partial charge in [0.1, 0.15) is 5.02 Å². The van der Waals surface area contributed by atoms with Crippen molar-refractivity contribution in [3.8, 4) is 11.5 Å². The highest BCUT2D eigenvalue weighted by molar-refractivity contribution is 9.10. The van der Waals surface area contributed by atoms with E-state index in [1.54, 1.807) is 0 Å². The first kappa shape index (κ1) is 9.61. The van der Waals surface area contributed by atoms with Crippen LogP contribution in [-0.4, -0.2) is 12.2 Å². The average molecular weight is 255 g/mol. The molecule has 0 spiro atoms. The number of phenols is 1. The highest BCUT2D eigenvalue weighted by Crippen LogP contribution is 2.40. The molecular weight excluding hydrogens is 250 g/mol. The summed E-state index contributed by atoms with van der Waals surface area (Å²) in [5.74, 6) is -1.00. The molecule has 0 aliphatic carbocycles. The number of ether oxygens (including phenoxy) is 1. The molecule has 1 aromatic rings. The number of benzene rings is 1. The molecule has 0 amide bonds. The van der Waals surface area contributed by atoms with Crippen LogP contribution in [-0.2, 0) is 0 Å². The molecule has 1 aromatic carbocycles. The molecule has 5 heteroatoms. The van der Waals surface area contributed by atoms with Crippen molar-refractivity contribution in [2.45, 2.75) is 0 Å². The number of halogens is 3. The fraction of sp³-hybridized carbons (Fsp3) is 0.143. The van der Waals surface area contributed by atoms with Gasteiger partial charge in [-0.15, -0.1) is 0 Å². The van der Waals surface area contributed by atoms with Crippen molar-refractivity contribution in [1.29, 1.82) is 0 Å². The Morgan fingerprint density at radius 2 is 2.25 bits per heavy atom. The molecule has 2 nitrogen and oxygen atoms in total. The number of aromatic hydroxyl groups is 1. The SMILES string of the molecule is COc1c(F)cc(Br)c(O)c1Cl. The summed E-state index contributed by atoms with van der Waals surface area (Å²) in [5, 5.41) is 9.08. The van der Waals surface area contributed by atoms with Gasteiger partial charge < -0.3 is 9.84 Å². The lowest BCUT2D eigenvalue weighted by atomic mass is 10.3. The Morgan fingerprint density at radius 3 is 2.75 bits per heavy atom. The summed E-state index contributed by atoms with van der Waals surface area (Å²) < 4.78 is 17.8. The van der Waals surface area contributed by atoms with Crippen molar-refractivity contribution < 1.29 is 14.2 Å². The highest BCUT2D eigenvalue weighted by atomic mass is 79.9. The van der Waals surface area contributed by atoms with E-state index in [4.69, 9.17) is 11.6 Å². The zero-order chi connectivity index (χ0) is 9.30. The van der Waals surface area contributed by atoms with Crippen LogP contribution in [0.3, 0.4) is 0 Å². The fourth-order valence-corrected chi connectivity index (χ4v) is 1.53. The number of methoxy groups -OCH3 is 1. The molecule has 0 aliphatic heterocycles.